The quantitative estimate of drug-likeness (QED) is 0.517. The van der Waals surface area contributed by atoms with Crippen LogP contribution in [0.4, 0.5) is 0 Å². The number of aromatic amines is 2. The van der Waals surface area contributed by atoms with Gasteiger partial charge in [-0.15, -0.1) is 0 Å². The molecule has 0 atom stereocenters. The van der Waals surface area contributed by atoms with Gasteiger partial charge in [-0.3, -0.25) is 15.0 Å². The van der Waals surface area contributed by atoms with Crippen LogP contribution < -0.4 is 10.1 Å². The van der Waals surface area contributed by atoms with E-state index >= 15 is 0 Å². The Bertz CT molecular complexity index is 1050. The predicted molar refractivity (Wildman–Crippen MR) is 97.8 cm³/mol. The van der Waals surface area contributed by atoms with E-state index in [2.05, 4.69) is 25.7 Å². The van der Waals surface area contributed by atoms with Crippen molar-refractivity contribution < 1.29 is 9.53 Å². The molecule has 2 heterocycles. The van der Waals surface area contributed by atoms with Gasteiger partial charge in [-0.25, -0.2) is 0 Å². The zero-order valence-corrected chi connectivity index (χ0v) is 14.1. The highest BCUT2D eigenvalue weighted by molar-refractivity contribution is 6.05. The van der Waals surface area contributed by atoms with Crippen molar-refractivity contribution in [2.24, 2.45) is 0 Å². The summed E-state index contributed by atoms with van der Waals surface area (Å²) in [5.41, 5.74) is 4.11. The van der Waals surface area contributed by atoms with Crippen molar-refractivity contribution in [3.8, 4) is 16.9 Å². The number of ether oxygens (including phenoxy) is 1. The van der Waals surface area contributed by atoms with E-state index in [-0.39, 0.29) is 5.91 Å². The minimum Gasteiger partial charge on any atom is -0.497 e. The van der Waals surface area contributed by atoms with E-state index in [1.54, 1.807) is 13.3 Å². The number of aromatic nitrogens is 4. The largest absolute Gasteiger partial charge is 0.497 e. The van der Waals surface area contributed by atoms with E-state index in [0.717, 1.165) is 33.3 Å². The lowest BCUT2D eigenvalue weighted by molar-refractivity contribution is 0.0947. The van der Waals surface area contributed by atoms with Crippen molar-refractivity contribution in [3.05, 3.63) is 66.1 Å². The molecular weight excluding hydrogens is 330 g/mol. The van der Waals surface area contributed by atoms with E-state index < -0.39 is 0 Å². The molecular formula is C19H17N5O2. The molecule has 0 fully saturated rings. The number of methoxy groups -OCH3 is 1. The number of benzene rings is 2. The van der Waals surface area contributed by atoms with Crippen LogP contribution in [0, 0.1) is 0 Å². The van der Waals surface area contributed by atoms with Crippen LogP contribution in [0.5, 0.6) is 5.75 Å². The molecule has 0 spiro atoms. The molecule has 7 heteroatoms. The van der Waals surface area contributed by atoms with E-state index in [1.165, 1.54) is 0 Å². The fourth-order valence-corrected chi connectivity index (χ4v) is 2.83. The highest BCUT2D eigenvalue weighted by atomic mass is 16.5. The van der Waals surface area contributed by atoms with Gasteiger partial charge >= 0.3 is 0 Å². The van der Waals surface area contributed by atoms with E-state index in [4.69, 9.17) is 4.74 Å². The smallest absolute Gasteiger partial charge is 0.272 e. The second kappa shape index (κ2) is 6.72. The van der Waals surface area contributed by atoms with Gasteiger partial charge in [0.25, 0.3) is 5.91 Å². The number of hydrogen-bond donors (Lipinski definition) is 3. The standard InChI is InChI=1S/C19H17N5O2/c1-26-15-4-2-3-12(7-15)9-20-19(25)18-16-6-5-13(8-17(16)23-24-18)14-10-21-22-11-14/h2-8,10-11H,9H2,1H3,(H,20,25)(H,21,22)(H,23,24). The molecule has 0 unspecified atom stereocenters. The number of H-pyrrole nitrogens is 2. The molecule has 26 heavy (non-hydrogen) atoms. The van der Waals surface area contributed by atoms with Crippen LogP contribution >= 0.6 is 0 Å². The topological polar surface area (TPSA) is 95.7 Å². The van der Waals surface area contributed by atoms with Crippen molar-refractivity contribution in [2.75, 3.05) is 7.11 Å². The monoisotopic (exact) mass is 347 g/mol. The number of nitrogens with zero attached hydrogens (tertiary/aromatic N) is 2. The Hall–Kier alpha value is -3.61. The Morgan fingerprint density at radius 1 is 1.19 bits per heavy atom. The second-order valence-electron chi connectivity index (χ2n) is 5.85. The van der Waals surface area contributed by atoms with Gasteiger partial charge in [0, 0.05) is 23.7 Å². The molecule has 0 aliphatic rings. The molecule has 4 rings (SSSR count). The molecule has 7 nitrogen and oxygen atoms in total. The van der Waals surface area contributed by atoms with Crippen LogP contribution in [0.3, 0.4) is 0 Å². The summed E-state index contributed by atoms with van der Waals surface area (Å²) >= 11 is 0. The molecule has 2 aromatic heterocycles. The van der Waals surface area contributed by atoms with Crippen LogP contribution in [0.1, 0.15) is 16.1 Å². The first-order valence-electron chi connectivity index (χ1n) is 8.13. The third kappa shape index (κ3) is 3.02. The number of nitrogens with one attached hydrogen (secondary N) is 3. The summed E-state index contributed by atoms with van der Waals surface area (Å²) < 4.78 is 5.20. The highest BCUT2D eigenvalue weighted by Crippen LogP contribution is 2.24. The number of carbonyl (C=O) groups is 1. The lowest BCUT2D eigenvalue weighted by Gasteiger charge is -2.06. The Kier molecular flexibility index (Phi) is 4.10. The van der Waals surface area contributed by atoms with Gasteiger partial charge in [0.2, 0.25) is 0 Å². The van der Waals surface area contributed by atoms with Crippen molar-refractivity contribution >= 4 is 16.8 Å². The van der Waals surface area contributed by atoms with Crippen LogP contribution in [0.15, 0.2) is 54.9 Å². The first-order chi connectivity index (χ1) is 12.7. The van der Waals surface area contributed by atoms with E-state index in [9.17, 15) is 4.79 Å². The molecule has 1 amide bonds. The second-order valence-corrected chi connectivity index (χ2v) is 5.85. The van der Waals surface area contributed by atoms with Gasteiger partial charge in [-0.05, 0) is 35.4 Å². The van der Waals surface area contributed by atoms with Gasteiger partial charge < -0.3 is 10.1 Å². The molecule has 0 aliphatic carbocycles. The van der Waals surface area contributed by atoms with Crippen molar-refractivity contribution in [1.82, 2.24) is 25.7 Å². The molecule has 0 bridgehead atoms. The van der Waals surface area contributed by atoms with Gasteiger partial charge in [0.1, 0.15) is 5.75 Å². The minimum absolute atomic E-state index is 0.227. The Balaban J connectivity index is 1.53. The Morgan fingerprint density at radius 3 is 2.92 bits per heavy atom. The first-order valence-corrected chi connectivity index (χ1v) is 8.13. The maximum absolute atomic E-state index is 12.5. The van der Waals surface area contributed by atoms with Crippen molar-refractivity contribution in [1.29, 1.82) is 0 Å². The summed E-state index contributed by atoms with van der Waals surface area (Å²) in [7, 11) is 1.62. The molecule has 0 saturated heterocycles. The molecule has 0 saturated carbocycles. The van der Waals surface area contributed by atoms with Crippen LogP contribution in [0.2, 0.25) is 0 Å². The number of amides is 1. The summed E-state index contributed by atoms with van der Waals surface area (Å²) in [4.78, 5) is 12.5. The summed E-state index contributed by atoms with van der Waals surface area (Å²) in [5, 5.41) is 17.5. The number of rotatable bonds is 5. The maximum atomic E-state index is 12.5. The lowest BCUT2D eigenvalue weighted by Crippen LogP contribution is -2.23. The molecule has 0 radical (unpaired) electrons. The molecule has 130 valence electrons. The molecule has 4 aromatic rings. The first kappa shape index (κ1) is 15.9. The zero-order valence-electron chi connectivity index (χ0n) is 14.1. The van der Waals surface area contributed by atoms with Crippen LogP contribution in [0.25, 0.3) is 22.0 Å². The van der Waals surface area contributed by atoms with Gasteiger partial charge in [-0.1, -0.05) is 18.2 Å². The number of hydrogen-bond acceptors (Lipinski definition) is 4. The fraction of sp³-hybridized carbons (Fsp3) is 0.105. The van der Waals surface area contributed by atoms with Crippen molar-refractivity contribution in [3.63, 3.8) is 0 Å². The number of carbonyl (C=O) groups excluding carboxylic acids is 1. The van der Waals surface area contributed by atoms with E-state index in [0.29, 0.717) is 12.2 Å². The van der Waals surface area contributed by atoms with Crippen LogP contribution in [-0.2, 0) is 6.54 Å². The van der Waals surface area contributed by atoms with E-state index in [1.807, 2.05) is 48.7 Å². The van der Waals surface area contributed by atoms with Gasteiger partial charge in [0.15, 0.2) is 5.69 Å². The lowest BCUT2D eigenvalue weighted by atomic mass is 10.1. The maximum Gasteiger partial charge on any atom is 0.272 e. The van der Waals surface area contributed by atoms with Crippen molar-refractivity contribution in [2.45, 2.75) is 6.54 Å². The minimum atomic E-state index is -0.227. The third-order valence-corrected chi connectivity index (χ3v) is 4.20. The highest BCUT2D eigenvalue weighted by Gasteiger charge is 2.14. The SMILES string of the molecule is COc1cccc(CNC(=O)c2n[nH]c3cc(-c4cn[nH]c4)ccc23)c1. The molecule has 0 aliphatic heterocycles. The molecule has 3 N–H and O–H groups in total. The normalized spacial score (nSPS) is 10.8. The summed E-state index contributed by atoms with van der Waals surface area (Å²) in [5.74, 6) is 0.531. The van der Waals surface area contributed by atoms with Crippen LogP contribution in [-0.4, -0.2) is 33.4 Å². The van der Waals surface area contributed by atoms with Gasteiger partial charge in [-0.2, -0.15) is 10.2 Å². The summed E-state index contributed by atoms with van der Waals surface area (Å²) in [6.45, 7) is 0.400. The zero-order chi connectivity index (χ0) is 17.9. The number of fused-ring (bicyclic) bond motifs is 1. The fourth-order valence-electron chi connectivity index (χ4n) is 2.83. The Labute approximate surface area is 149 Å². The summed E-state index contributed by atoms with van der Waals surface area (Å²) in [6, 6.07) is 13.4. The van der Waals surface area contributed by atoms with Gasteiger partial charge in [0.05, 0.1) is 18.8 Å². The molecule has 2 aromatic carbocycles. The third-order valence-electron chi connectivity index (χ3n) is 4.20. The average Bonchev–Trinajstić information content (AvgIpc) is 3.35. The summed E-state index contributed by atoms with van der Waals surface area (Å²) in [6.07, 6.45) is 3.57. The Morgan fingerprint density at radius 2 is 2.12 bits per heavy atom. The predicted octanol–water partition coefficient (Wildman–Crippen LogP) is 2.89. The average molecular weight is 347 g/mol.